The first-order valence-corrected chi connectivity index (χ1v) is 9.37. The first kappa shape index (κ1) is 19.3. The van der Waals surface area contributed by atoms with Crippen molar-refractivity contribution < 1.29 is 4.52 Å². The van der Waals surface area contributed by atoms with E-state index in [2.05, 4.69) is 20.8 Å². The van der Waals surface area contributed by atoms with Crippen molar-refractivity contribution >= 4 is 29.2 Å². The Morgan fingerprint density at radius 3 is 2.63 bits per heavy atom. The molecule has 0 bridgehead atoms. The van der Waals surface area contributed by atoms with Crippen LogP contribution in [0.3, 0.4) is 0 Å². The molecule has 0 fully saturated rings. The lowest BCUT2D eigenvalue weighted by molar-refractivity contribution is 0.424. The maximum atomic E-state index is 6.11. The zero-order chi connectivity index (χ0) is 19.2. The highest BCUT2D eigenvalue weighted by atomic mass is 35.5. The van der Waals surface area contributed by atoms with Crippen molar-refractivity contribution in [3.05, 3.63) is 64.0 Å². The van der Waals surface area contributed by atoms with Crippen LogP contribution >= 0.6 is 23.2 Å². The number of aliphatic imine (C=N–C) groups is 1. The van der Waals surface area contributed by atoms with Crippen molar-refractivity contribution in [1.82, 2.24) is 20.4 Å². The highest BCUT2D eigenvalue weighted by Gasteiger charge is 2.10. The van der Waals surface area contributed by atoms with Gasteiger partial charge in [-0.1, -0.05) is 58.7 Å². The molecule has 3 aromatic rings. The summed E-state index contributed by atoms with van der Waals surface area (Å²) in [6.07, 6.45) is 0. The van der Waals surface area contributed by atoms with Crippen LogP contribution in [0.15, 0.2) is 52.0 Å². The van der Waals surface area contributed by atoms with Crippen molar-refractivity contribution in [3.63, 3.8) is 0 Å². The third-order valence-electron chi connectivity index (χ3n) is 4.01. The van der Waals surface area contributed by atoms with Gasteiger partial charge >= 0.3 is 0 Å². The van der Waals surface area contributed by atoms with Crippen LogP contribution in [-0.2, 0) is 20.1 Å². The van der Waals surface area contributed by atoms with Crippen LogP contribution in [0.2, 0.25) is 10.2 Å². The Balaban J connectivity index is 1.65. The van der Waals surface area contributed by atoms with Gasteiger partial charge in [-0.2, -0.15) is 0 Å². The average molecular weight is 406 g/mol. The Kier molecular flexibility index (Phi) is 6.42. The standard InChI is InChI=1S/C19H21Cl2N5O/c1-3-22-19(24-12-15-10-16(20)18(21)26(15)2)23-11-14-9-17(27-25-14)13-7-5-4-6-8-13/h4-10H,3,11-12H2,1-2H3,(H2,22,23,24). The predicted molar refractivity (Wildman–Crippen MR) is 109 cm³/mol. The molecule has 8 heteroatoms. The molecule has 0 spiro atoms. The summed E-state index contributed by atoms with van der Waals surface area (Å²) in [6.45, 7) is 3.70. The van der Waals surface area contributed by atoms with Crippen molar-refractivity contribution in [2.75, 3.05) is 6.54 Å². The molecule has 0 aliphatic carbocycles. The number of benzene rings is 1. The second-order valence-corrected chi connectivity index (χ2v) is 6.70. The van der Waals surface area contributed by atoms with Crippen LogP contribution in [0, 0.1) is 0 Å². The van der Waals surface area contributed by atoms with Crippen molar-refractivity contribution in [1.29, 1.82) is 0 Å². The molecule has 0 radical (unpaired) electrons. The minimum atomic E-state index is 0.403. The Morgan fingerprint density at radius 2 is 1.96 bits per heavy atom. The fourth-order valence-corrected chi connectivity index (χ4v) is 2.98. The number of guanidine groups is 1. The highest BCUT2D eigenvalue weighted by molar-refractivity contribution is 6.41. The van der Waals surface area contributed by atoms with Gasteiger partial charge in [0.1, 0.15) is 10.8 Å². The maximum absolute atomic E-state index is 6.11. The van der Waals surface area contributed by atoms with Gasteiger partial charge in [0.25, 0.3) is 0 Å². The maximum Gasteiger partial charge on any atom is 0.191 e. The molecule has 3 rings (SSSR count). The van der Waals surface area contributed by atoms with Crippen molar-refractivity contribution in [3.8, 4) is 11.3 Å². The van der Waals surface area contributed by atoms with Crippen LogP contribution in [-0.4, -0.2) is 22.2 Å². The first-order valence-electron chi connectivity index (χ1n) is 8.61. The number of rotatable bonds is 6. The molecule has 0 aliphatic heterocycles. The molecule has 0 aliphatic rings. The molecule has 142 valence electrons. The fraction of sp³-hybridized carbons (Fsp3) is 0.263. The lowest BCUT2D eigenvalue weighted by atomic mass is 10.2. The van der Waals surface area contributed by atoms with Gasteiger partial charge in [0, 0.05) is 30.9 Å². The third-order valence-corrected chi connectivity index (χ3v) is 4.86. The molecular weight excluding hydrogens is 385 g/mol. The summed E-state index contributed by atoms with van der Waals surface area (Å²) < 4.78 is 7.25. The second-order valence-electron chi connectivity index (χ2n) is 5.93. The van der Waals surface area contributed by atoms with E-state index in [1.807, 2.05) is 61.0 Å². The summed E-state index contributed by atoms with van der Waals surface area (Å²) in [5.41, 5.74) is 2.71. The Morgan fingerprint density at radius 1 is 1.19 bits per heavy atom. The van der Waals surface area contributed by atoms with Gasteiger partial charge in [0.15, 0.2) is 11.7 Å². The van der Waals surface area contributed by atoms with Gasteiger partial charge in [-0.25, -0.2) is 4.99 Å². The topological polar surface area (TPSA) is 67.4 Å². The Hall–Kier alpha value is -2.44. The van der Waals surface area contributed by atoms with Gasteiger partial charge in [-0.05, 0) is 13.0 Å². The number of hydrogen-bond donors (Lipinski definition) is 2. The lowest BCUT2D eigenvalue weighted by Crippen LogP contribution is -2.37. The van der Waals surface area contributed by atoms with Crippen LogP contribution in [0.5, 0.6) is 0 Å². The lowest BCUT2D eigenvalue weighted by Gasteiger charge is -2.11. The number of nitrogens with one attached hydrogen (secondary N) is 2. The van der Waals surface area contributed by atoms with Gasteiger partial charge in [0.2, 0.25) is 0 Å². The SMILES string of the molecule is CCNC(=NCc1cc(-c2ccccc2)on1)NCc1cc(Cl)c(Cl)n1C. The van der Waals surface area contributed by atoms with E-state index in [4.69, 9.17) is 27.7 Å². The largest absolute Gasteiger partial charge is 0.357 e. The van der Waals surface area contributed by atoms with E-state index in [9.17, 15) is 0 Å². The zero-order valence-corrected chi connectivity index (χ0v) is 16.7. The predicted octanol–water partition coefficient (Wildman–Crippen LogP) is 4.24. The fourth-order valence-electron chi connectivity index (χ4n) is 2.56. The van der Waals surface area contributed by atoms with Crippen LogP contribution in [0.4, 0.5) is 0 Å². The minimum absolute atomic E-state index is 0.403. The van der Waals surface area contributed by atoms with E-state index < -0.39 is 0 Å². The molecule has 6 nitrogen and oxygen atoms in total. The summed E-state index contributed by atoms with van der Waals surface area (Å²) in [5, 5.41) is 11.6. The van der Waals surface area contributed by atoms with E-state index >= 15 is 0 Å². The first-order chi connectivity index (χ1) is 13.1. The normalized spacial score (nSPS) is 11.6. The molecule has 27 heavy (non-hydrogen) atoms. The second kappa shape index (κ2) is 8.97. The summed E-state index contributed by atoms with van der Waals surface area (Å²) in [4.78, 5) is 4.56. The van der Waals surface area contributed by atoms with Gasteiger partial charge in [-0.3, -0.25) is 0 Å². The molecule has 0 saturated heterocycles. The Bertz CT molecular complexity index is 918. The molecule has 0 amide bonds. The molecule has 0 atom stereocenters. The van der Waals surface area contributed by atoms with E-state index in [0.717, 1.165) is 29.3 Å². The summed E-state index contributed by atoms with van der Waals surface area (Å²) in [6, 6.07) is 13.6. The van der Waals surface area contributed by atoms with Gasteiger partial charge in [-0.15, -0.1) is 0 Å². The number of aromatic nitrogens is 2. The smallest absolute Gasteiger partial charge is 0.191 e. The van der Waals surface area contributed by atoms with Gasteiger partial charge < -0.3 is 19.7 Å². The number of nitrogens with zero attached hydrogens (tertiary/aromatic N) is 3. The highest BCUT2D eigenvalue weighted by Crippen LogP contribution is 2.25. The van der Waals surface area contributed by atoms with Crippen LogP contribution in [0.1, 0.15) is 18.3 Å². The molecule has 0 saturated carbocycles. The van der Waals surface area contributed by atoms with Gasteiger partial charge in [0.05, 0.1) is 18.1 Å². The quantitative estimate of drug-likeness (QED) is 0.475. The van der Waals surface area contributed by atoms with Crippen molar-refractivity contribution in [2.45, 2.75) is 20.0 Å². The minimum Gasteiger partial charge on any atom is -0.357 e. The molecule has 2 N–H and O–H groups in total. The van der Waals surface area contributed by atoms with E-state index in [1.54, 1.807) is 0 Å². The molecule has 1 aromatic carbocycles. The van der Waals surface area contributed by atoms with E-state index in [0.29, 0.717) is 29.2 Å². The number of halogens is 2. The molecule has 0 unspecified atom stereocenters. The van der Waals surface area contributed by atoms with Crippen LogP contribution in [0.25, 0.3) is 11.3 Å². The monoisotopic (exact) mass is 405 g/mol. The number of hydrogen-bond acceptors (Lipinski definition) is 3. The molecule has 2 heterocycles. The average Bonchev–Trinajstić information content (AvgIpc) is 3.25. The molecular formula is C19H21Cl2N5O. The third kappa shape index (κ3) is 4.84. The summed E-state index contributed by atoms with van der Waals surface area (Å²) in [5.74, 6) is 1.40. The van der Waals surface area contributed by atoms with Crippen LogP contribution < -0.4 is 10.6 Å². The zero-order valence-electron chi connectivity index (χ0n) is 15.2. The Labute approximate surface area is 168 Å². The summed E-state index contributed by atoms with van der Waals surface area (Å²) in [7, 11) is 1.87. The van der Waals surface area contributed by atoms with Crippen molar-refractivity contribution in [2.24, 2.45) is 12.0 Å². The van der Waals surface area contributed by atoms with E-state index in [-0.39, 0.29) is 0 Å². The van der Waals surface area contributed by atoms with E-state index in [1.165, 1.54) is 0 Å². The summed E-state index contributed by atoms with van der Waals surface area (Å²) >= 11 is 12.2. The molecule has 2 aromatic heterocycles.